The van der Waals surface area contributed by atoms with E-state index in [1.54, 1.807) is 0 Å². The third kappa shape index (κ3) is 2.18. The predicted octanol–water partition coefficient (Wildman–Crippen LogP) is 1.02. The number of nitrogens with zero attached hydrogens (tertiary/aromatic N) is 1. The molecule has 0 aromatic heterocycles. The highest BCUT2D eigenvalue weighted by molar-refractivity contribution is 7.80. The van der Waals surface area contributed by atoms with Gasteiger partial charge in [0.15, 0.2) is 0 Å². The molecule has 4 nitrogen and oxygen atoms in total. The summed E-state index contributed by atoms with van der Waals surface area (Å²) in [7, 11) is 0. The van der Waals surface area contributed by atoms with Crippen LogP contribution < -0.4 is 16.4 Å². The minimum atomic E-state index is -0.469. The average Bonchev–Trinajstić information content (AvgIpc) is 2.73. The van der Waals surface area contributed by atoms with Crippen molar-refractivity contribution in [3.8, 4) is 0 Å². The second kappa shape index (κ2) is 4.57. The first-order valence-electron chi connectivity index (χ1n) is 5.88. The standard InChI is InChI=1S/C13H17N3OS/c1-13(12(15)17)6-7-16(8-13)10-5-3-2-4-9(10)11(14)18/h2-5H,6-8H2,1H3,(H2,14,18)(H2,15,17). The molecule has 0 spiro atoms. The number of carbonyl (C=O) groups is 1. The third-order valence-corrected chi connectivity index (χ3v) is 3.80. The van der Waals surface area contributed by atoms with Crippen LogP contribution in [0.1, 0.15) is 18.9 Å². The summed E-state index contributed by atoms with van der Waals surface area (Å²) >= 11 is 5.05. The quantitative estimate of drug-likeness (QED) is 0.799. The fourth-order valence-electron chi connectivity index (χ4n) is 2.33. The van der Waals surface area contributed by atoms with Gasteiger partial charge in [0.25, 0.3) is 0 Å². The fourth-order valence-corrected chi connectivity index (χ4v) is 2.50. The van der Waals surface area contributed by atoms with Crippen molar-refractivity contribution >= 4 is 28.8 Å². The van der Waals surface area contributed by atoms with Crippen LogP contribution in [0.4, 0.5) is 5.69 Å². The highest BCUT2D eigenvalue weighted by atomic mass is 32.1. The first kappa shape index (κ1) is 12.8. The van der Waals surface area contributed by atoms with Gasteiger partial charge in [-0.05, 0) is 25.5 Å². The van der Waals surface area contributed by atoms with Gasteiger partial charge in [-0.1, -0.05) is 24.4 Å². The van der Waals surface area contributed by atoms with Crippen molar-refractivity contribution in [3.05, 3.63) is 29.8 Å². The van der Waals surface area contributed by atoms with Crippen molar-refractivity contribution in [1.29, 1.82) is 0 Å². The van der Waals surface area contributed by atoms with Crippen molar-refractivity contribution in [2.45, 2.75) is 13.3 Å². The van der Waals surface area contributed by atoms with Crippen LogP contribution >= 0.6 is 12.2 Å². The first-order valence-corrected chi connectivity index (χ1v) is 6.28. The van der Waals surface area contributed by atoms with Gasteiger partial charge < -0.3 is 16.4 Å². The molecule has 4 N–H and O–H groups in total. The lowest BCUT2D eigenvalue weighted by Gasteiger charge is -2.24. The van der Waals surface area contributed by atoms with Crippen molar-refractivity contribution in [1.82, 2.24) is 0 Å². The summed E-state index contributed by atoms with van der Waals surface area (Å²) < 4.78 is 0. The van der Waals surface area contributed by atoms with Crippen molar-refractivity contribution in [2.24, 2.45) is 16.9 Å². The van der Waals surface area contributed by atoms with Crippen LogP contribution in [-0.2, 0) is 4.79 Å². The lowest BCUT2D eigenvalue weighted by atomic mass is 9.89. The molecule has 1 heterocycles. The Labute approximate surface area is 112 Å². The molecule has 96 valence electrons. The van der Waals surface area contributed by atoms with E-state index in [1.807, 2.05) is 31.2 Å². The number of amides is 1. The molecule has 1 aromatic rings. The van der Waals surface area contributed by atoms with Crippen LogP contribution in [0.25, 0.3) is 0 Å². The van der Waals surface area contributed by atoms with E-state index in [2.05, 4.69) is 4.90 Å². The second-order valence-corrected chi connectivity index (χ2v) is 5.42. The molecule has 1 fully saturated rings. The number of primary amides is 1. The largest absolute Gasteiger partial charge is 0.389 e. The molecule has 5 heteroatoms. The van der Waals surface area contributed by atoms with E-state index in [-0.39, 0.29) is 5.91 Å². The molecule has 1 unspecified atom stereocenters. The number of hydrogen-bond donors (Lipinski definition) is 2. The number of thiocarbonyl (C=S) groups is 1. The molecule has 0 bridgehead atoms. The summed E-state index contributed by atoms with van der Waals surface area (Å²) in [5, 5.41) is 0. The van der Waals surface area contributed by atoms with Gasteiger partial charge in [-0.15, -0.1) is 0 Å². The van der Waals surface area contributed by atoms with Gasteiger partial charge in [0.1, 0.15) is 4.99 Å². The van der Waals surface area contributed by atoms with Gasteiger partial charge in [0.2, 0.25) is 5.91 Å². The van der Waals surface area contributed by atoms with E-state index in [0.717, 1.165) is 24.2 Å². The Kier molecular flexibility index (Phi) is 3.26. The van der Waals surface area contributed by atoms with Crippen LogP contribution in [0.5, 0.6) is 0 Å². The normalized spacial score (nSPS) is 23.1. The molecule has 2 rings (SSSR count). The molecule has 18 heavy (non-hydrogen) atoms. The molecular weight excluding hydrogens is 246 g/mol. The SMILES string of the molecule is CC1(C(N)=O)CCN(c2ccccc2C(N)=S)C1. The Hall–Kier alpha value is -1.62. The molecule has 1 saturated heterocycles. The number of carbonyl (C=O) groups excluding carboxylic acids is 1. The number of anilines is 1. The van der Waals surface area contributed by atoms with E-state index in [9.17, 15) is 4.79 Å². The summed E-state index contributed by atoms with van der Waals surface area (Å²) in [6.07, 6.45) is 0.758. The smallest absolute Gasteiger partial charge is 0.225 e. The molecule has 0 saturated carbocycles. The van der Waals surface area contributed by atoms with Gasteiger partial charge >= 0.3 is 0 Å². The Morgan fingerprint density at radius 1 is 1.39 bits per heavy atom. The van der Waals surface area contributed by atoms with Crippen LogP contribution in [-0.4, -0.2) is 24.0 Å². The average molecular weight is 263 g/mol. The topological polar surface area (TPSA) is 72.4 Å². The van der Waals surface area contributed by atoms with Crippen LogP contribution in [0.2, 0.25) is 0 Å². The zero-order valence-electron chi connectivity index (χ0n) is 10.3. The molecule has 1 aliphatic rings. The summed E-state index contributed by atoms with van der Waals surface area (Å²) in [4.78, 5) is 14.0. The minimum Gasteiger partial charge on any atom is -0.389 e. The molecule has 1 aliphatic heterocycles. The van der Waals surface area contributed by atoms with Gasteiger partial charge in [-0.3, -0.25) is 4.79 Å². The van der Waals surface area contributed by atoms with Gasteiger partial charge in [0.05, 0.1) is 5.41 Å². The monoisotopic (exact) mass is 263 g/mol. The lowest BCUT2D eigenvalue weighted by molar-refractivity contribution is -0.125. The fraction of sp³-hybridized carbons (Fsp3) is 0.385. The van der Waals surface area contributed by atoms with Crippen molar-refractivity contribution in [2.75, 3.05) is 18.0 Å². The predicted molar refractivity (Wildman–Crippen MR) is 76.5 cm³/mol. The van der Waals surface area contributed by atoms with E-state index in [4.69, 9.17) is 23.7 Å². The van der Waals surface area contributed by atoms with E-state index >= 15 is 0 Å². The van der Waals surface area contributed by atoms with Crippen molar-refractivity contribution < 1.29 is 4.79 Å². The Balaban J connectivity index is 2.30. The Bertz CT molecular complexity index is 503. The zero-order chi connectivity index (χ0) is 13.3. The first-order chi connectivity index (χ1) is 8.44. The highest BCUT2D eigenvalue weighted by Gasteiger charge is 2.39. The molecule has 1 atom stereocenters. The minimum absolute atomic E-state index is 0.252. The van der Waals surface area contributed by atoms with E-state index in [1.165, 1.54) is 0 Å². The Morgan fingerprint density at radius 2 is 2.06 bits per heavy atom. The molecule has 0 aliphatic carbocycles. The highest BCUT2D eigenvalue weighted by Crippen LogP contribution is 2.34. The van der Waals surface area contributed by atoms with Crippen LogP contribution in [0.3, 0.4) is 0 Å². The van der Waals surface area contributed by atoms with Crippen molar-refractivity contribution in [3.63, 3.8) is 0 Å². The van der Waals surface area contributed by atoms with E-state index in [0.29, 0.717) is 11.5 Å². The van der Waals surface area contributed by atoms with Crippen LogP contribution in [0.15, 0.2) is 24.3 Å². The number of hydrogen-bond acceptors (Lipinski definition) is 3. The number of benzene rings is 1. The lowest BCUT2D eigenvalue weighted by Crippen LogP contribution is -2.37. The van der Waals surface area contributed by atoms with Gasteiger partial charge in [-0.2, -0.15) is 0 Å². The molecule has 1 aromatic carbocycles. The molecule has 0 radical (unpaired) electrons. The van der Waals surface area contributed by atoms with E-state index < -0.39 is 5.41 Å². The van der Waals surface area contributed by atoms with Gasteiger partial charge in [-0.25, -0.2) is 0 Å². The molecular formula is C13H17N3OS. The van der Waals surface area contributed by atoms with Crippen LogP contribution in [0, 0.1) is 5.41 Å². The third-order valence-electron chi connectivity index (χ3n) is 3.58. The summed E-state index contributed by atoms with van der Waals surface area (Å²) in [5.74, 6) is -0.252. The number of rotatable bonds is 3. The number of para-hydroxylation sites is 1. The number of nitrogens with two attached hydrogens (primary N) is 2. The Morgan fingerprint density at radius 3 is 2.61 bits per heavy atom. The van der Waals surface area contributed by atoms with Gasteiger partial charge in [0, 0.05) is 24.3 Å². The molecule has 1 amide bonds. The second-order valence-electron chi connectivity index (χ2n) is 4.98. The summed E-state index contributed by atoms with van der Waals surface area (Å²) in [6.45, 7) is 3.31. The zero-order valence-corrected chi connectivity index (χ0v) is 11.2. The maximum absolute atomic E-state index is 11.5. The summed E-state index contributed by atoms with van der Waals surface area (Å²) in [5.41, 5.74) is 12.5. The summed E-state index contributed by atoms with van der Waals surface area (Å²) in [6, 6.07) is 7.72. The maximum atomic E-state index is 11.5. The maximum Gasteiger partial charge on any atom is 0.225 e.